The summed E-state index contributed by atoms with van der Waals surface area (Å²) in [6.45, 7) is 0.245. The van der Waals surface area contributed by atoms with Crippen molar-refractivity contribution in [1.29, 1.82) is 0 Å². The molecule has 0 radical (unpaired) electrons. The summed E-state index contributed by atoms with van der Waals surface area (Å²) in [5.74, 6) is 1.81. The minimum atomic E-state index is -0.485. The number of carbonyl (C=O) groups is 1. The monoisotopic (exact) mass is 314 g/mol. The van der Waals surface area contributed by atoms with Crippen LogP contribution in [0.3, 0.4) is 0 Å². The lowest BCUT2D eigenvalue weighted by atomic mass is 9.87. The molecule has 3 rings (SSSR count). The number of fused-ring (bicyclic) bond motifs is 1. The fraction of sp³-hybridized carbons (Fsp3) is 0.278. The van der Waals surface area contributed by atoms with Crippen molar-refractivity contribution >= 4 is 5.78 Å². The maximum absolute atomic E-state index is 12.9. The standard InChI is InChI=1S/C18H18O5/c1-20-11-8-15(21-2)17(16(9-11)22-3)13-10-23-14-7-5-4-6-12(14)18(13)19/h4-9,13H,10H2,1-3H3. The van der Waals surface area contributed by atoms with Crippen LogP contribution in [0.25, 0.3) is 0 Å². The largest absolute Gasteiger partial charge is 0.496 e. The molecule has 0 N–H and O–H groups in total. The van der Waals surface area contributed by atoms with Gasteiger partial charge in [0.15, 0.2) is 5.78 Å². The molecule has 0 bridgehead atoms. The molecule has 1 aliphatic heterocycles. The van der Waals surface area contributed by atoms with E-state index < -0.39 is 5.92 Å². The molecule has 120 valence electrons. The van der Waals surface area contributed by atoms with E-state index in [0.29, 0.717) is 34.1 Å². The molecule has 1 unspecified atom stereocenters. The number of methoxy groups -OCH3 is 3. The summed E-state index contributed by atoms with van der Waals surface area (Å²) in [6.07, 6.45) is 0. The predicted molar refractivity (Wildman–Crippen MR) is 85.1 cm³/mol. The zero-order chi connectivity index (χ0) is 16.4. The highest BCUT2D eigenvalue weighted by Gasteiger charge is 2.34. The molecule has 1 heterocycles. The maximum Gasteiger partial charge on any atom is 0.177 e. The predicted octanol–water partition coefficient (Wildman–Crippen LogP) is 3.07. The highest BCUT2D eigenvalue weighted by Crippen LogP contribution is 2.43. The van der Waals surface area contributed by atoms with Gasteiger partial charge in [0, 0.05) is 12.1 Å². The fourth-order valence-corrected chi connectivity index (χ4v) is 2.82. The number of para-hydroxylation sites is 1. The molecule has 5 heteroatoms. The average molecular weight is 314 g/mol. The molecule has 0 saturated heterocycles. The number of hydrogen-bond acceptors (Lipinski definition) is 5. The van der Waals surface area contributed by atoms with E-state index >= 15 is 0 Å². The van der Waals surface area contributed by atoms with Crippen LogP contribution in [0.2, 0.25) is 0 Å². The number of hydrogen-bond donors (Lipinski definition) is 0. The highest BCUT2D eigenvalue weighted by atomic mass is 16.5. The van der Waals surface area contributed by atoms with Crippen LogP contribution in [0.15, 0.2) is 36.4 Å². The van der Waals surface area contributed by atoms with E-state index in [9.17, 15) is 4.79 Å². The minimum Gasteiger partial charge on any atom is -0.496 e. The molecular weight excluding hydrogens is 296 g/mol. The Morgan fingerprint density at radius 1 is 1.00 bits per heavy atom. The Morgan fingerprint density at radius 3 is 2.26 bits per heavy atom. The zero-order valence-corrected chi connectivity index (χ0v) is 13.3. The van der Waals surface area contributed by atoms with Crippen LogP contribution in [0.1, 0.15) is 21.8 Å². The third-order valence-electron chi connectivity index (χ3n) is 3.98. The lowest BCUT2D eigenvalue weighted by Crippen LogP contribution is -2.26. The van der Waals surface area contributed by atoms with Gasteiger partial charge >= 0.3 is 0 Å². The van der Waals surface area contributed by atoms with Crippen molar-refractivity contribution in [3.63, 3.8) is 0 Å². The SMILES string of the molecule is COc1cc(OC)c(C2COc3ccccc3C2=O)c(OC)c1. The Kier molecular flexibility index (Phi) is 4.10. The Morgan fingerprint density at radius 2 is 1.65 bits per heavy atom. The first-order chi connectivity index (χ1) is 11.2. The molecule has 1 aliphatic rings. The van der Waals surface area contributed by atoms with Crippen LogP contribution in [0, 0.1) is 0 Å². The molecule has 0 aliphatic carbocycles. The summed E-state index contributed by atoms with van der Waals surface area (Å²) in [6, 6.07) is 10.7. The first-order valence-corrected chi connectivity index (χ1v) is 7.25. The number of Topliss-reactive ketones (excluding diaryl/α,β-unsaturated/α-hetero) is 1. The molecular formula is C18H18O5. The summed E-state index contributed by atoms with van der Waals surface area (Å²) < 4.78 is 21.9. The van der Waals surface area contributed by atoms with Gasteiger partial charge in [-0.2, -0.15) is 0 Å². The van der Waals surface area contributed by atoms with Gasteiger partial charge in [-0.05, 0) is 12.1 Å². The number of rotatable bonds is 4. The lowest BCUT2D eigenvalue weighted by molar-refractivity contribution is 0.0892. The van der Waals surface area contributed by atoms with Gasteiger partial charge in [0.25, 0.3) is 0 Å². The van der Waals surface area contributed by atoms with Crippen LogP contribution in [0.4, 0.5) is 0 Å². The van der Waals surface area contributed by atoms with Crippen molar-refractivity contribution in [3.05, 3.63) is 47.5 Å². The quantitative estimate of drug-likeness (QED) is 0.868. The summed E-state index contributed by atoms with van der Waals surface area (Å²) in [4.78, 5) is 12.9. The van der Waals surface area contributed by atoms with Crippen LogP contribution < -0.4 is 18.9 Å². The summed E-state index contributed by atoms with van der Waals surface area (Å²) in [5, 5.41) is 0. The van der Waals surface area contributed by atoms with Gasteiger partial charge in [0.2, 0.25) is 0 Å². The topological polar surface area (TPSA) is 54.0 Å². The number of ketones is 1. The molecule has 0 amide bonds. The van der Waals surface area contributed by atoms with Gasteiger partial charge < -0.3 is 18.9 Å². The third-order valence-corrected chi connectivity index (χ3v) is 3.98. The first kappa shape index (κ1) is 15.2. The summed E-state index contributed by atoms with van der Waals surface area (Å²) in [7, 11) is 4.68. The molecule has 2 aromatic carbocycles. The minimum absolute atomic E-state index is 0.00591. The second-order valence-electron chi connectivity index (χ2n) is 5.17. The maximum atomic E-state index is 12.9. The zero-order valence-electron chi connectivity index (χ0n) is 13.3. The van der Waals surface area contributed by atoms with Crippen LogP contribution in [-0.2, 0) is 0 Å². The van der Waals surface area contributed by atoms with Crippen molar-refractivity contribution < 1.29 is 23.7 Å². The van der Waals surface area contributed by atoms with Crippen molar-refractivity contribution in [1.82, 2.24) is 0 Å². The van der Waals surface area contributed by atoms with E-state index in [2.05, 4.69) is 0 Å². The van der Waals surface area contributed by atoms with Gasteiger partial charge in [-0.25, -0.2) is 0 Å². The van der Waals surface area contributed by atoms with E-state index in [1.807, 2.05) is 12.1 Å². The Bertz CT molecular complexity index is 713. The Balaban J connectivity index is 2.10. The number of benzene rings is 2. The van der Waals surface area contributed by atoms with Gasteiger partial charge in [0.1, 0.15) is 29.6 Å². The average Bonchev–Trinajstić information content (AvgIpc) is 2.61. The molecule has 2 aromatic rings. The molecule has 0 spiro atoms. The van der Waals surface area contributed by atoms with Crippen molar-refractivity contribution in [2.24, 2.45) is 0 Å². The lowest BCUT2D eigenvalue weighted by Gasteiger charge is -2.27. The third kappa shape index (κ3) is 2.59. The van der Waals surface area contributed by atoms with Crippen molar-refractivity contribution in [2.45, 2.75) is 5.92 Å². The van der Waals surface area contributed by atoms with Gasteiger partial charge in [-0.15, -0.1) is 0 Å². The van der Waals surface area contributed by atoms with Crippen molar-refractivity contribution in [3.8, 4) is 23.0 Å². The normalized spacial score (nSPS) is 16.3. The van der Waals surface area contributed by atoms with Gasteiger partial charge in [0.05, 0.1) is 38.4 Å². The smallest absolute Gasteiger partial charge is 0.177 e. The molecule has 1 atom stereocenters. The molecule has 23 heavy (non-hydrogen) atoms. The second-order valence-corrected chi connectivity index (χ2v) is 5.17. The molecule has 0 aromatic heterocycles. The molecule has 0 fully saturated rings. The Labute approximate surface area is 134 Å². The summed E-state index contributed by atoms with van der Waals surface area (Å²) in [5.41, 5.74) is 1.25. The van der Waals surface area contributed by atoms with E-state index in [1.165, 1.54) is 0 Å². The van der Waals surface area contributed by atoms with Crippen molar-refractivity contribution in [2.75, 3.05) is 27.9 Å². The van der Waals surface area contributed by atoms with E-state index in [-0.39, 0.29) is 12.4 Å². The summed E-state index contributed by atoms with van der Waals surface area (Å²) >= 11 is 0. The van der Waals surface area contributed by atoms with Gasteiger partial charge in [-0.1, -0.05) is 12.1 Å². The van der Waals surface area contributed by atoms with E-state index in [4.69, 9.17) is 18.9 Å². The van der Waals surface area contributed by atoms with Crippen LogP contribution >= 0.6 is 0 Å². The molecule has 5 nitrogen and oxygen atoms in total. The highest BCUT2D eigenvalue weighted by molar-refractivity contribution is 6.04. The number of ether oxygens (including phenoxy) is 4. The fourth-order valence-electron chi connectivity index (χ4n) is 2.82. The van der Waals surface area contributed by atoms with Gasteiger partial charge in [-0.3, -0.25) is 4.79 Å². The Hall–Kier alpha value is -2.69. The van der Waals surface area contributed by atoms with E-state index in [1.54, 1.807) is 45.6 Å². The second kappa shape index (κ2) is 6.20. The van der Waals surface area contributed by atoms with E-state index in [0.717, 1.165) is 0 Å². The van der Waals surface area contributed by atoms with Crippen LogP contribution in [-0.4, -0.2) is 33.7 Å². The molecule has 0 saturated carbocycles. The van der Waals surface area contributed by atoms with Crippen LogP contribution in [0.5, 0.6) is 23.0 Å². The number of carbonyl (C=O) groups excluding carboxylic acids is 1. The first-order valence-electron chi connectivity index (χ1n) is 7.25.